The number of nitrogens with one attached hydrogen (secondary N) is 1. The summed E-state index contributed by atoms with van der Waals surface area (Å²) in [6.45, 7) is 3.52. The summed E-state index contributed by atoms with van der Waals surface area (Å²) in [6, 6.07) is 1.75. The van der Waals surface area contributed by atoms with Gasteiger partial charge in [0.1, 0.15) is 0 Å². The molecule has 0 aromatic carbocycles. The van der Waals surface area contributed by atoms with Crippen molar-refractivity contribution in [2.24, 2.45) is 0 Å². The lowest BCUT2D eigenvalue weighted by Crippen LogP contribution is -2.27. The van der Waals surface area contributed by atoms with Gasteiger partial charge in [0.25, 0.3) is 0 Å². The van der Waals surface area contributed by atoms with Crippen molar-refractivity contribution in [3.8, 4) is 0 Å². The van der Waals surface area contributed by atoms with Crippen molar-refractivity contribution in [2.75, 3.05) is 35.8 Å². The van der Waals surface area contributed by atoms with Gasteiger partial charge < -0.3 is 10.2 Å². The molecule has 0 spiro atoms. The predicted octanol–water partition coefficient (Wildman–Crippen LogP) is 1.38. The summed E-state index contributed by atoms with van der Waals surface area (Å²) in [6.07, 6.45) is 3.43. The lowest BCUT2D eigenvalue weighted by atomic mass is 10.3. The Hall–Kier alpha value is -1.30. The molecule has 0 aliphatic heterocycles. The van der Waals surface area contributed by atoms with Gasteiger partial charge >= 0.3 is 0 Å². The molecule has 5 nitrogen and oxygen atoms in total. The maximum absolute atomic E-state index is 11.6. The molecule has 0 aliphatic rings. The van der Waals surface area contributed by atoms with Crippen LogP contribution in [0.5, 0.6) is 0 Å². The molecule has 0 radical (unpaired) electrons. The Bertz CT molecular complexity index is 486. The van der Waals surface area contributed by atoms with E-state index in [9.17, 15) is 8.42 Å². The van der Waals surface area contributed by atoms with E-state index in [1.165, 1.54) is 0 Å². The highest BCUT2D eigenvalue weighted by Crippen LogP contribution is 2.23. The van der Waals surface area contributed by atoms with Crippen LogP contribution in [0.2, 0.25) is 0 Å². The fraction of sp³-hybridized carbons (Fsp3) is 0.583. The van der Waals surface area contributed by atoms with Crippen LogP contribution in [-0.2, 0) is 9.84 Å². The summed E-state index contributed by atoms with van der Waals surface area (Å²) in [5.41, 5.74) is 1.84. The van der Waals surface area contributed by atoms with E-state index in [1.807, 2.05) is 32.0 Å². The molecule has 0 amide bonds. The van der Waals surface area contributed by atoms with Gasteiger partial charge in [0.2, 0.25) is 0 Å². The minimum absolute atomic E-state index is 0.130. The molecule has 0 saturated heterocycles. The lowest BCUT2D eigenvalue weighted by Gasteiger charge is -2.21. The van der Waals surface area contributed by atoms with Gasteiger partial charge in [-0.1, -0.05) is 6.92 Å². The zero-order valence-electron chi connectivity index (χ0n) is 11.3. The summed E-state index contributed by atoms with van der Waals surface area (Å²) in [5, 5.41) is 3.20. The zero-order valence-corrected chi connectivity index (χ0v) is 12.2. The van der Waals surface area contributed by atoms with Crippen LogP contribution >= 0.6 is 0 Å². The van der Waals surface area contributed by atoms with Crippen LogP contribution < -0.4 is 10.2 Å². The Morgan fingerprint density at radius 3 is 2.67 bits per heavy atom. The highest BCUT2D eigenvalue weighted by Gasteiger charge is 2.15. The van der Waals surface area contributed by atoms with Crippen LogP contribution in [0, 0.1) is 0 Å². The number of anilines is 2. The molecule has 1 unspecified atom stereocenters. The topological polar surface area (TPSA) is 62.3 Å². The Kier molecular flexibility index (Phi) is 4.95. The van der Waals surface area contributed by atoms with Gasteiger partial charge in [-0.05, 0) is 13.0 Å². The molecule has 0 aliphatic carbocycles. The predicted molar refractivity (Wildman–Crippen MR) is 76.0 cm³/mol. The third-order valence-corrected chi connectivity index (χ3v) is 4.51. The molecule has 0 fully saturated rings. The van der Waals surface area contributed by atoms with Crippen LogP contribution in [0.4, 0.5) is 11.4 Å². The summed E-state index contributed by atoms with van der Waals surface area (Å²) in [4.78, 5) is 6.02. The molecule has 1 N–H and O–H groups in total. The molecule has 1 rings (SSSR count). The average molecular weight is 271 g/mol. The Balaban J connectivity index is 2.79. The molecule has 18 heavy (non-hydrogen) atoms. The molecular formula is C12H21N3O2S. The highest BCUT2D eigenvalue weighted by atomic mass is 32.2. The van der Waals surface area contributed by atoms with Gasteiger partial charge in [0, 0.05) is 32.1 Å². The van der Waals surface area contributed by atoms with Crippen molar-refractivity contribution in [1.82, 2.24) is 4.98 Å². The number of sulfone groups is 1. The van der Waals surface area contributed by atoms with E-state index in [4.69, 9.17) is 0 Å². The molecule has 1 atom stereocenters. The molecule has 102 valence electrons. The molecular weight excluding hydrogens is 250 g/mol. The number of nitrogens with zero attached hydrogens (tertiary/aromatic N) is 2. The van der Waals surface area contributed by atoms with E-state index in [0.29, 0.717) is 0 Å². The van der Waals surface area contributed by atoms with Gasteiger partial charge in [-0.15, -0.1) is 0 Å². The third-order valence-electron chi connectivity index (χ3n) is 2.63. The first-order valence-electron chi connectivity index (χ1n) is 5.94. The fourth-order valence-electron chi connectivity index (χ4n) is 1.69. The van der Waals surface area contributed by atoms with Crippen LogP contribution in [-0.4, -0.2) is 45.0 Å². The monoisotopic (exact) mass is 271 g/mol. The number of aromatic nitrogens is 1. The van der Waals surface area contributed by atoms with Crippen molar-refractivity contribution in [3.63, 3.8) is 0 Å². The van der Waals surface area contributed by atoms with E-state index in [2.05, 4.69) is 10.3 Å². The van der Waals surface area contributed by atoms with Crippen LogP contribution in [0.3, 0.4) is 0 Å². The summed E-state index contributed by atoms with van der Waals surface area (Å²) < 4.78 is 23.1. The maximum Gasteiger partial charge on any atom is 0.152 e. The highest BCUT2D eigenvalue weighted by molar-refractivity contribution is 7.91. The lowest BCUT2D eigenvalue weighted by molar-refractivity contribution is 0.593. The molecule has 0 saturated carbocycles. The van der Waals surface area contributed by atoms with E-state index < -0.39 is 9.84 Å². The van der Waals surface area contributed by atoms with E-state index in [0.717, 1.165) is 11.4 Å². The normalized spacial score (nSPS) is 13.1. The number of hydrogen-bond acceptors (Lipinski definition) is 5. The van der Waals surface area contributed by atoms with Crippen molar-refractivity contribution in [3.05, 3.63) is 18.5 Å². The Morgan fingerprint density at radius 2 is 2.11 bits per heavy atom. The van der Waals surface area contributed by atoms with Gasteiger partial charge in [0.15, 0.2) is 9.84 Å². The van der Waals surface area contributed by atoms with Gasteiger partial charge in [-0.25, -0.2) is 8.42 Å². The van der Waals surface area contributed by atoms with Crippen molar-refractivity contribution >= 4 is 21.2 Å². The molecule has 6 heteroatoms. The smallest absolute Gasteiger partial charge is 0.152 e. The first-order chi connectivity index (χ1) is 8.35. The largest absolute Gasteiger partial charge is 0.379 e. The van der Waals surface area contributed by atoms with Gasteiger partial charge in [-0.3, -0.25) is 4.98 Å². The van der Waals surface area contributed by atoms with Crippen LogP contribution in [0.25, 0.3) is 0 Å². The van der Waals surface area contributed by atoms with E-state index in [1.54, 1.807) is 19.3 Å². The molecule has 1 heterocycles. The number of hydrogen-bond donors (Lipinski definition) is 1. The summed E-state index contributed by atoms with van der Waals surface area (Å²) in [5.74, 6) is 0.303. The minimum Gasteiger partial charge on any atom is -0.379 e. The van der Waals surface area contributed by atoms with Gasteiger partial charge in [-0.2, -0.15) is 0 Å². The number of rotatable bonds is 6. The molecule has 1 aromatic rings. The van der Waals surface area contributed by atoms with Crippen molar-refractivity contribution in [1.29, 1.82) is 0 Å². The first kappa shape index (κ1) is 14.8. The van der Waals surface area contributed by atoms with Crippen molar-refractivity contribution in [2.45, 2.75) is 19.9 Å². The zero-order chi connectivity index (χ0) is 13.8. The second-order valence-corrected chi connectivity index (χ2v) is 6.93. The second kappa shape index (κ2) is 6.04. The third kappa shape index (κ3) is 4.18. The van der Waals surface area contributed by atoms with Crippen LogP contribution in [0.1, 0.15) is 13.8 Å². The second-order valence-electron chi connectivity index (χ2n) is 4.53. The minimum atomic E-state index is -2.97. The summed E-state index contributed by atoms with van der Waals surface area (Å²) >= 11 is 0. The molecule has 0 bridgehead atoms. The SMILES string of the molecule is CCS(=O)(=O)CC(C)Nc1cnccc1N(C)C. The fourth-order valence-corrected chi connectivity index (χ4v) is 2.78. The maximum atomic E-state index is 11.6. The first-order valence-corrected chi connectivity index (χ1v) is 7.76. The van der Waals surface area contributed by atoms with E-state index >= 15 is 0 Å². The molecule has 1 aromatic heterocycles. The standard InChI is InChI=1S/C12H21N3O2S/c1-5-18(16,17)9-10(2)14-11-8-13-7-6-12(11)15(3)4/h6-8,10,14H,5,9H2,1-4H3. The quantitative estimate of drug-likeness (QED) is 0.847. The Labute approximate surface area is 109 Å². The van der Waals surface area contributed by atoms with E-state index in [-0.39, 0.29) is 17.5 Å². The van der Waals surface area contributed by atoms with Crippen molar-refractivity contribution < 1.29 is 8.42 Å². The number of pyridine rings is 1. The van der Waals surface area contributed by atoms with Crippen LogP contribution in [0.15, 0.2) is 18.5 Å². The van der Waals surface area contributed by atoms with Gasteiger partial charge in [0.05, 0.1) is 23.3 Å². The summed E-state index contributed by atoms with van der Waals surface area (Å²) in [7, 11) is 0.908. The average Bonchev–Trinajstić information content (AvgIpc) is 2.28. The Morgan fingerprint density at radius 1 is 1.44 bits per heavy atom.